The van der Waals surface area contributed by atoms with Crippen molar-refractivity contribution in [3.63, 3.8) is 0 Å². The van der Waals surface area contributed by atoms with Crippen molar-refractivity contribution in [2.45, 2.75) is 19.4 Å². The number of hydrogen-bond acceptors (Lipinski definition) is 2. The van der Waals surface area contributed by atoms with Crippen molar-refractivity contribution < 1.29 is 19.1 Å². The zero-order valence-corrected chi connectivity index (χ0v) is 9.97. The number of aliphatic carboxylic acids is 1. The van der Waals surface area contributed by atoms with E-state index in [1.807, 2.05) is 0 Å². The molecule has 1 saturated heterocycles. The molecule has 18 heavy (non-hydrogen) atoms. The maximum absolute atomic E-state index is 13.5. The van der Waals surface area contributed by atoms with E-state index < -0.39 is 23.7 Å². The SMILES string of the molecule is CC1CCN(C(=O)c2ccccc2F)C1C(=O)O. The van der Waals surface area contributed by atoms with Crippen LogP contribution in [0.15, 0.2) is 24.3 Å². The number of carbonyl (C=O) groups excluding carboxylic acids is 1. The zero-order valence-electron chi connectivity index (χ0n) is 9.97. The number of benzene rings is 1. The average Bonchev–Trinajstić information content (AvgIpc) is 2.71. The number of likely N-dealkylation sites (tertiary alicyclic amines) is 1. The Bertz CT molecular complexity index is 489. The van der Waals surface area contributed by atoms with Gasteiger partial charge in [0, 0.05) is 6.54 Å². The summed E-state index contributed by atoms with van der Waals surface area (Å²) >= 11 is 0. The van der Waals surface area contributed by atoms with Crippen LogP contribution in [0.2, 0.25) is 0 Å². The molecule has 1 aromatic rings. The highest BCUT2D eigenvalue weighted by molar-refractivity contribution is 5.97. The van der Waals surface area contributed by atoms with Gasteiger partial charge in [-0.3, -0.25) is 4.79 Å². The Morgan fingerprint density at radius 2 is 2.06 bits per heavy atom. The fourth-order valence-corrected chi connectivity index (χ4v) is 2.34. The minimum atomic E-state index is -1.04. The highest BCUT2D eigenvalue weighted by atomic mass is 19.1. The van der Waals surface area contributed by atoms with E-state index in [0.29, 0.717) is 13.0 Å². The van der Waals surface area contributed by atoms with Gasteiger partial charge < -0.3 is 10.0 Å². The van der Waals surface area contributed by atoms with Crippen LogP contribution < -0.4 is 0 Å². The number of nitrogens with zero attached hydrogens (tertiary/aromatic N) is 1. The third kappa shape index (κ3) is 2.08. The van der Waals surface area contributed by atoms with Gasteiger partial charge in [-0.2, -0.15) is 0 Å². The molecule has 96 valence electrons. The van der Waals surface area contributed by atoms with Crippen molar-refractivity contribution in [1.82, 2.24) is 4.90 Å². The lowest BCUT2D eigenvalue weighted by atomic mass is 10.0. The van der Waals surface area contributed by atoms with Crippen LogP contribution in [0.5, 0.6) is 0 Å². The number of carboxylic acids is 1. The molecule has 1 N–H and O–H groups in total. The molecule has 0 spiro atoms. The van der Waals surface area contributed by atoms with Gasteiger partial charge in [0.1, 0.15) is 11.9 Å². The monoisotopic (exact) mass is 251 g/mol. The minimum Gasteiger partial charge on any atom is -0.480 e. The maximum atomic E-state index is 13.5. The molecule has 0 aliphatic carbocycles. The van der Waals surface area contributed by atoms with Crippen molar-refractivity contribution in [2.75, 3.05) is 6.54 Å². The Morgan fingerprint density at radius 3 is 2.67 bits per heavy atom. The second kappa shape index (κ2) is 4.76. The summed E-state index contributed by atoms with van der Waals surface area (Å²) in [4.78, 5) is 24.5. The molecule has 1 heterocycles. The molecule has 1 aromatic carbocycles. The van der Waals surface area contributed by atoms with E-state index in [1.54, 1.807) is 13.0 Å². The predicted molar refractivity (Wildman–Crippen MR) is 62.6 cm³/mol. The van der Waals surface area contributed by atoms with Crippen molar-refractivity contribution in [2.24, 2.45) is 5.92 Å². The summed E-state index contributed by atoms with van der Waals surface area (Å²) < 4.78 is 13.5. The van der Waals surface area contributed by atoms with E-state index in [-0.39, 0.29) is 11.5 Å². The molecule has 0 bridgehead atoms. The molecule has 1 fully saturated rings. The molecule has 5 heteroatoms. The van der Waals surface area contributed by atoms with Crippen LogP contribution in [-0.2, 0) is 4.79 Å². The lowest BCUT2D eigenvalue weighted by Gasteiger charge is -2.23. The van der Waals surface area contributed by atoms with Crippen LogP contribution >= 0.6 is 0 Å². The molecule has 4 nitrogen and oxygen atoms in total. The largest absolute Gasteiger partial charge is 0.480 e. The molecular weight excluding hydrogens is 237 g/mol. The predicted octanol–water partition coefficient (Wildman–Crippen LogP) is 1.76. The van der Waals surface area contributed by atoms with Crippen molar-refractivity contribution in [1.29, 1.82) is 0 Å². The fourth-order valence-electron chi connectivity index (χ4n) is 2.34. The summed E-state index contributed by atoms with van der Waals surface area (Å²) in [6.07, 6.45) is 0.622. The first kappa shape index (κ1) is 12.5. The minimum absolute atomic E-state index is 0.0714. The Kier molecular flexibility index (Phi) is 3.32. The molecule has 1 aliphatic heterocycles. The summed E-state index contributed by atoms with van der Waals surface area (Å²) in [6, 6.07) is 4.76. The quantitative estimate of drug-likeness (QED) is 0.871. The highest BCUT2D eigenvalue weighted by Gasteiger charge is 2.40. The normalized spacial score (nSPS) is 23.1. The molecule has 0 aromatic heterocycles. The van der Waals surface area contributed by atoms with Crippen LogP contribution in [0, 0.1) is 11.7 Å². The summed E-state index contributed by atoms with van der Waals surface area (Å²) in [7, 11) is 0. The molecular formula is C13H14FNO3. The fraction of sp³-hybridized carbons (Fsp3) is 0.385. The van der Waals surface area contributed by atoms with E-state index in [1.165, 1.54) is 23.1 Å². The summed E-state index contributed by atoms with van der Waals surface area (Å²) in [6.45, 7) is 2.14. The second-order valence-electron chi connectivity index (χ2n) is 4.53. The number of carbonyl (C=O) groups is 2. The van der Waals surface area contributed by atoms with Gasteiger partial charge in [-0.15, -0.1) is 0 Å². The standard InChI is InChI=1S/C13H14FNO3/c1-8-6-7-15(11(8)13(17)18)12(16)9-4-2-3-5-10(9)14/h2-5,8,11H,6-7H2,1H3,(H,17,18). The van der Waals surface area contributed by atoms with Crippen LogP contribution in [0.1, 0.15) is 23.7 Å². The smallest absolute Gasteiger partial charge is 0.326 e. The Labute approximate surface area is 104 Å². The molecule has 2 rings (SSSR count). The molecule has 2 atom stereocenters. The number of halogens is 1. The van der Waals surface area contributed by atoms with Gasteiger partial charge in [-0.05, 0) is 24.5 Å². The van der Waals surface area contributed by atoms with E-state index in [2.05, 4.69) is 0 Å². The lowest BCUT2D eigenvalue weighted by Crippen LogP contribution is -2.43. The molecule has 2 unspecified atom stereocenters. The van der Waals surface area contributed by atoms with E-state index in [9.17, 15) is 14.0 Å². The van der Waals surface area contributed by atoms with E-state index in [0.717, 1.165) is 0 Å². The molecule has 1 amide bonds. The van der Waals surface area contributed by atoms with Crippen molar-refractivity contribution >= 4 is 11.9 Å². The highest BCUT2D eigenvalue weighted by Crippen LogP contribution is 2.26. The first-order chi connectivity index (χ1) is 8.52. The third-order valence-electron chi connectivity index (χ3n) is 3.32. The van der Waals surface area contributed by atoms with E-state index in [4.69, 9.17) is 5.11 Å². The van der Waals surface area contributed by atoms with Crippen molar-refractivity contribution in [3.05, 3.63) is 35.6 Å². The van der Waals surface area contributed by atoms with E-state index >= 15 is 0 Å². The third-order valence-corrected chi connectivity index (χ3v) is 3.32. The lowest BCUT2D eigenvalue weighted by molar-refractivity contribution is -0.142. The van der Waals surface area contributed by atoms with Gasteiger partial charge in [0.15, 0.2) is 0 Å². The number of carboxylic acid groups (broad SMARTS) is 1. The molecule has 0 saturated carbocycles. The van der Waals surface area contributed by atoms with Gasteiger partial charge in [0.25, 0.3) is 5.91 Å². The first-order valence-corrected chi connectivity index (χ1v) is 5.80. The number of amides is 1. The Hall–Kier alpha value is -1.91. The summed E-state index contributed by atoms with van der Waals surface area (Å²) in [5, 5.41) is 9.13. The van der Waals surface area contributed by atoms with Gasteiger partial charge in [0.2, 0.25) is 0 Å². The van der Waals surface area contributed by atoms with Gasteiger partial charge in [0.05, 0.1) is 5.56 Å². The topological polar surface area (TPSA) is 57.6 Å². The van der Waals surface area contributed by atoms with Gasteiger partial charge >= 0.3 is 5.97 Å². The van der Waals surface area contributed by atoms with Crippen LogP contribution in [-0.4, -0.2) is 34.5 Å². The van der Waals surface area contributed by atoms with Gasteiger partial charge in [-0.1, -0.05) is 19.1 Å². The maximum Gasteiger partial charge on any atom is 0.326 e. The molecule has 1 aliphatic rings. The van der Waals surface area contributed by atoms with Crippen LogP contribution in [0.25, 0.3) is 0 Å². The molecule has 0 radical (unpaired) electrons. The second-order valence-corrected chi connectivity index (χ2v) is 4.53. The first-order valence-electron chi connectivity index (χ1n) is 5.80. The number of hydrogen-bond donors (Lipinski definition) is 1. The number of rotatable bonds is 2. The van der Waals surface area contributed by atoms with Gasteiger partial charge in [-0.25, -0.2) is 9.18 Å². The average molecular weight is 251 g/mol. The Morgan fingerprint density at radius 1 is 1.39 bits per heavy atom. The Balaban J connectivity index is 2.29. The summed E-state index contributed by atoms with van der Waals surface area (Å²) in [5.41, 5.74) is -0.0714. The van der Waals surface area contributed by atoms with Crippen LogP contribution in [0.3, 0.4) is 0 Å². The van der Waals surface area contributed by atoms with Crippen molar-refractivity contribution in [3.8, 4) is 0 Å². The summed E-state index contributed by atoms with van der Waals surface area (Å²) in [5.74, 6) is -2.32. The zero-order chi connectivity index (χ0) is 13.3. The van der Waals surface area contributed by atoms with Crippen LogP contribution in [0.4, 0.5) is 4.39 Å².